The van der Waals surface area contributed by atoms with E-state index in [-0.39, 0.29) is 12.6 Å². The second-order valence-corrected chi connectivity index (χ2v) is 8.95. The number of carbonyl (C=O) groups is 2. The van der Waals surface area contributed by atoms with E-state index in [1.807, 2.05) is 18.2 Å². The number of ether oxygens (including phenoxy) is 1. The largest absolute Gasteiger partial charge is 0.465 e. The summed E-state index contributed by atoms with van der Waals surface area (Å²) in [7, 11) is 0. The van der Waals surface area contributed by atoms with Crippen molar-refractivity contribution in [1.29, 1.82) is 0 Å². The van der Waals surface area contributed by atoms with Crippen molar-refractivity contribution in [3.63, 3.8) is 0 Å². The van der Waals surface area contributed by atoms with Gasteiger partial charge in [-0.15, -0.1) is 0 Å². The fraction of sp³-hybridized carbons (Fsp3) is 0.741. The molecule has 1 aromatic rings. The van der Waals surface area contributed by atoms with Crippen LogP contribution in [0, 0.1) is 0 Å². The van der Waals surface area contributed by atoms with Crippen molar-refractivity contribution in [3.05, 3.63) is 30.6 Å². The van der Waals surface area contributed by atoms with E-state index in [1.165, 1.54) is 83.5 Å². The predicted molar refractivity (Wildman–Crippen MR) is 130 cm³/mol. The van der Waals surface area contributed by atoms with Crippen LogP contribution in [0.4, 0.5) is 0 Å². The minimum Gasteiger partial charge on any atom is -0.465 e. The number of rotatable bonds is 21. The smallest absolute Gasteiger partial charge is 0.305 e. The molecule has 0 radical (unpaired) electrons. The number of pyridine rings is 1. The SMILES string of the molecule is CCCCCCCCCCCCCCCCCC(=O)OCCC(C(N)=O)[n+]1ccccc1. The van der Waals surface area contributed by atoms with Crippen molar-refractivity contribution < 1.29 is 18.9 Å². The molecule has 5 nitrogen and oxygen atoms in total. The number of nitrogens with zero attached hydrogens (tertiary/aromatic N) is 1. The molecule has 0 fully saturated rings. The summed E-state index contributed by atoms with van der Waals surface area (Å²) in [5, 5.41) is 0. The van der Waals surface area contributed by atoms with Crippen molar-refractivity contribution in [1.82, 2.24) is 0 Å². The van der Waals surface area contributed by atoms with E-state index in [4.69, 9.17) is 10.5 Å². The molecule has 1 heterocycles. The van der Waals surface area contributed by atoms with E-state index in [9.17, 15) is 9.59 Å². The monoisotopic (exact) mass is 447 g/mol. The number of hydrogen-bond acceptors (Lipinski definition) is 3. The lowest BCUT2D eigenvalue weighted by Crippen LogP contribution is -2.46. The van der Waals surface area contributed by atoms with Crippen LogP contribution in [-0.4, -0.2) is 18.5 Å². The summed E-state index contributed by atoms with van der Waals surface area (Å²) in [5.41, 5.74) is 5.48. The topological polar surface area (TPSA) is 73.3 Å². The van der Waals surface area contributed by atoms with Gasteiger partial charge in [0.15, 0.2) is 12.4 Å². The lowest BCUT2D eigenvalue weighted by molar-refractivity contribution is -0.709. The van der Waals surface area contributed by atoms with Gasteiger partial charge in [-0.05, 0) is 6.42 Å². The van der Waals surface area contributed by atoms with Crippen LogP contribution >= 0.6 is 0 Å². The van der Waals surface area contributed by atoms with Gasteiger partial charge in [0.2, 0.25) is 6.04 Å². The van der Waals surface area contributed by atoms with Gasteiger partial charge >= 0.3 is 5.97 Å². The first kappa shape index (κ1) is 28.1. The van der Waals surface area contributed by atoms with Gasteiger partial charge in [-0.25, -0.2) is 0 Å². The summed E-state index contributed by atoms with van der Waals surface area (Å²) in [6.45, 7) is 2.48. The predicted octanol–water partition coefficient (Wildman–Crippen LogP) is 6.20. The van der Waals surface area contributed by atoms with Crippen molar-refractivity contribution in [2.75, 3.05) is 6.61 Å². The van der Waals surface area contributed by atoms with Crippen LogP contribution in [0.2, 0.25) is 0 Å². The summed E-state index contributed by atoms with van der Waals surface area (Å²) in [5.74, 6) is -0.597. The first-order valence-corrected chi connectivity index (χ1v) is 13.1. The number of amides is 1. The third-order valence-corrected chi connectivity index (χ3v) is 6.07. The van der Waals surface area contributed by atoms with E-state index in [0.29, 0.717) is 12.8 Å². The second kappa shape index (κ2) is 19.8. The van der Waals surface area contributed by atoms with Gasteiger partial charge < -0.3 is 10.5 Å². The highest BCUT2D eigenvalue weighted by Crippen LogP contribution is 2.14. The van der Waals surface area contributed by atoms with E-state index in [1.54, 1.807) is 17.0 Å². The molecule has 1 atom stereocenters. The number of aromatic nitrogens is 1. The summed E-state index contributed by atoms with van der Waals surface area (Å²) >= 11 is 0. The van der Waals surface area contributed by atoms with Crippen LogP contribution in [0.25, 0.3) is 0 Å². The average molecular weight is 448 g/mol. The van der Waals surface area contributed by atoms with E-state index >= 15 is 0 Å². The maximum Gasteiger partial charge on any atom is 0.305 e. The van der Waals surface area contributed by atoms with Crippen LogP contribution in [0.1, 0.15) is 122 Å². The van der Waals surface area contributed by atoms with E-state index < -0.39 is 11.9 Å². The van der Waals surface area contributed by atoms with E-state index in [0.717, 1.165) is 12.8 Å². The number of primary amides is 1. The Bertz CT molecular complexity index is 592. The fourth-order valence-electron chi connectivity index (χ4n) is 4.06. The molecule has 32 heavy (non-hydrogen) atoms. The standard InChI is InChI=1S/C27H46N2O3/c1-2-3-4-5-6-7-8-9-10-11-12-13-14-15-17-20-26(30)32-24-21-25(27(28)31)29-22-18-16-19-23-29/h16,18-19,22-23,25H,2-15,17,20-21,24H2,1H3,(H-,28,31)/p+1. The highest BCUT2D eigenvalue weighted by Gasteiger charge is 2.24. The molecule has 1 aromatic heterocycles. The highest BCUT2D eigenvalue weighted by atomic mass is 16.5. The molecule has 0 aliphatic carbocycles. The molecule has 0 aromatic carbocycles. The van der Waals surface area contributed by atoms with Crippen LogP contribution in [0.3, 0.4) is 0 Å². The molecular weight excluding hydrogens is 400 g/mol. The number of esters is 1. The van der Waals surface area contributed by atoms with Crippen molar-refractivity contribution in [2.45, 2.75) is 122 Å². The van der Waals surface area contributed by atoms with Gasteiger partial charge in [-0.3, -0.25) is 9.59 Å². The van der Waals surface area contributed by atoms with Crippen LogP contribution in [-0.2, 0) is 14.3 Å². The summed E-state index contributed by atoms with van der Waals surface area (Å²) < 4.78 is 7.06. The molecule has 1 amide bonds. The molecule has 1 unspecified atom stereocenters. The quantitative estimate of drug-likeness (QED) is 0.139. The maximum absolute atomic E-state index is 11.9. The third kappa shape index (κ3) is 15.0. The lowest BCUT2D eigenvalue weighted by atomic mass is 10.0. The Morgan fingerprint density at radius 3 is 1.69 bits per heavy atom. The zero-order chi connectivity index (χ0) is 23.3. The minimum atomic E-state index is -0.491. The summed E-state index contributed by atoms with van der Waals surface area (Å²) in [6.07, 6.45) is 24.1. The van der Waals surface area contributed by atoms with Crippen LogP contribution in [0.15, 0.2) is 30.6 Å². The second-order valence-electron chi connectivity index (χ2n) is 8.95. The Morgan fingerprint density at radius 2 is 1.22 bits per heavy atom. The zero-order valence-corrected chi connectivity index (χ0v) is 20.4. The normalized spacial score (nSPS) is 11.9. The van der Waals surface area contributed by atoms with Crippen molar-refractivity contribution >= 4 is 11.9 Å². The Kier molecular flexibility index (Phi) is 17.4. The first-order chi connectivity index (χ1) is 15.6. The van der Waals surface area contributed by atoms with Gasteiger partial charge in [-0.1, -0.05) is 103 Å². The summed E-state index contributed by atoms with van der Waals surface area (Å²) in [6, 6.07) is 5.08. The molecule has 2 N–H and O–H groups in total. The number of carbonyl (C=O) groups excluding carboxylic acids is 2. The fourth-order valence-corrected chi connectivity index (χ4v) is 4.06. The van der Waals surface area contributed by atoms with Gasteiger partial charge in [-0.2, -0.15) is 4.57 Å². The van der Waals surface area contributed by atoms with E-state index in [2.05, 4.69) is 6.92 Å². The summed E-state index contributed by atoms with van der Waals surface area (Å²) in [4.78, 5) is 23.6. The van der Waals surface area contributed by atoms with Gasteiger partial charge in [0.1, 0.15) is 0 Å². The number of nitrogens with two attached hydrogens (primary N) is 1. The third-order valence-electron chi connectivity index (χ3n) is 6.07. The number of unbranched alkanes of at least 4 members (excludes halogenated alkanes) is 14. The molecule has 5 heteroatoms. The Balaban J connectivity index is 1.91. The Morgan fingerprint density at radius 1 is 0.750 bits per heavy atom. The molecule has 0 saturated carbocycles. The zero-order valence-electron chi connectivity index (χ0n) is 20.4. The molecule has 0 spiro atoms. The number of hydrogen-bond donors (Lipinski definition) is 1. The molecule has 1 rings (SSSR count). The van der Waals surface area contributed by atoms with Crippen molar-refractivity contribution in [2.24, 2.45) is 5.73 Å². The maximum atomic E-state index is 11.9. The molecule has 182 valence electrons. The van der Waals surface area contributed by atoms with Crippen LogP contribution in [0.5, 0.6) is 0 Å². The molecule has 0 aliphatic heterocycles. The molecule has 0 bridgehead atoms. The minimum absolute atomic E-state index is 0.180. The van der Waals surface area contributed by atoms with Crippen LogP contribution < -0.4 is 10.3 Å². The first-order valence-electron chi connectivity index (χ1n) is 13.1. The molecule has 0 saturated heterocycles. The van der Waals surface area contributed by atoms with Gasteiger partial charge in [0, 0.05) is 18.6 Å². The van der Waals surface area contributed by atoms with Crippen molar-refractivity contribution in [3.8, 4) is 0 Å². The molecular formula is C27H47N2O3+. The molecule has 0 aliphatic rings. The Labute approximate surface area is 196 Å². The van der Waals surface area contributed by atoms with Gasteiger partial charge in [0.05, 0.1) is 13.0 Å². The Hall–Kier alpha value is -1.91. The lowest BCUT2D eigenvalue weighted by Gasteiger charge is -2.09. The van der Waals surface area contributed by atoms with Gasteiger partial charge in [0.25, 0.3) is 5.91 Å². The average Bonchev–Trinajstić information content (AvgIpc) is 2.79. The highest BCUT2D eigenvalue weighted by molar-refractivity contribution is 5.76.